The zero-order chi connectivity index (χ0) is 10.4. The van der Waals surface area contributed by atoms with Crippen molar-refractivity contribution in [2.24, 2.45) is 0 Å². The first kappa shape index (κ1) is 9.23. The number of nitrogens with zero attached hydrogens (tertiary/aromatic N) is 3. The molecule has 15 heavy (non-hydrogen) atoms. The molecule has 80 valence electrons. The number of hydrogen-bond donors (Lipinski definition) is 1. The molecule has 2 unspecified atom stereocenters. The SMILES string of the molecule is Cc1nnc(C2CC3CN(CN3)C2=O)s1. The summed E-state index contributed by atoms with van der Waals surface area (Å²) in [5.74, 6) is 0.136. The first-order valence-corrected chi connectivity index (χ1v) is 5.88. The van der Waals surface area contributed by atoms with Crippen LogP contribution in [0.1, 0.15) is 22.4 Å². The predicted octanol–water partition coefficient (Wildman–Crippen LogP) is 0.0917. The molecular weight excluding hydrogens is 212 g/mol. The molecular formula is C9H12N4OS. The molecule has 1 aromatic heterocycles. The lowest BCUT2D eigenvalue weighted by Crippen LogP contribution is -2.39. The number of carbonyl (C=O) groups is 1. The fraction of sp³-hybridized carbons (Fsp3) is 0.667. The highest BCUT2D eigenvalue weighted by atomic mass is 32.1. The van der Waals surface area contributed by atoms with E-state index in [9.17, 15) is 4.79 Å². The molecule has 6 heteroatoms. The maximum atomic E-state index is 12.0. The van der Waals surface area contributed by atoms with Gasteiger partial charge in [-0.05, 0) is 13.3 Å². The van der Waals surface area contributed by atoms with Gasteiger partial charge in [0.15, 0.2) is 0 Å². The summed E-state index contributed by atoms with van der Waals surface area (Å²) in [5, 5.41) is 13.2. The number of aromatic nitrogens is 2. The van der Waals surface area contributed by atoms with Gasteiger partial charge in [-0.1, -0.05) is 0 Å². The summed E-state index contributed by atoms with van der Waals surface area (Å²) in [4.78, 5) is 13.9. The topological polar surface area (TPSA) is 58.1 Å². The number of fused-ring (bicyclic) bond motifs is 2. The maximum Gasteiger partial charge on any atom is 0.233 e. The molecule has 3 rings (SSSR count). The van der Waals surface area contributed by atoms with Crippen LogP contribution in [0.15, 0.2) is 0 Å². The molecule has 1 amide bonds. The van der Waals surface area contributed by atoms with E-state index in [-0.39, 0.29) is 11.8 Å². The minimum absolute atomic E-state index is 0.0649. The van der Waals surface area contributed by atoms with Crippen LogP contribution < -0.4 is 5.32 Å². The van der Waals surface area contributed by atoms with Crippen molar-refractivity contribution in [1.29, 1.82) is 0 Å². The van der Waals surface area contributed by atoms with Crippen LogP contribution in [0.4, 0.5) is 0 Å². The van der Waals surface area contributed by atoms with E-state index in [0.717, 1.165) is 23.0 Å². The van der Waals surface area contributed by atoms with E-state index >= 15 is 0 Å². The van der Waals surface area contributed by atoms with Crippen LogP contribution in [0.3, 0.4) is 0 Å². The normalized spacial score (nSPS) is 29.9. The van der Waals surface area contributed by atoms with Gasteiger partial charge in [0.1, 0.15) is 10.0 Å². The average Bonchev–Trinajstić information content (AvgIpc) is 2.80. The second kappa shape index (κ2) is 3.24. The molecule has 2 saturated heterocycles. The summed E-state index contributed by atoms with van der Waals surface area (Å²) >= 11 is 1.53. The van der Waals surface area contributed by atoms with Crippen LogP contribution in [0.25, 0.3) is 0 Å². The van der Waals surface area contributed by atoms with Crippen molar-refractivity contribution in [1.82, 2.24) is 20.4 Å². The number of hydrogen-bond acceptors (Lipinski definition) is 5. The van der Waals surface area contributed by atoms with Crippen molar-refractivity contribution in [2.45, 2.75) is 25.3 Å². The van der Waals surface area contributed by atoms with Crippen LogP contribution >= 0.6 is 11.3 Å². The third kappa shape index (κ3) is 1.44. The zero-order valence-corrected chi connectivity index (χ0v) is 9.25. The number of piperidine rings is 1. The van der Waals surface area contributed by atoms with E-state index < -0.39 is 0 Å². The highest BCUT2D eigenvalue weighted by Gasteiger charge is 2.40. The lowest BCUT2D eigenvalue weighted by molar-refractivity contribution is -0.133. The minimum atomic E-state index is -0.0649. The molecule has 2 bridgehead atoms. The first-order valence-electron chi connectivity index (χ1n) is 5.06. The predicted molar refractivity (Wildman–Crippen MR) is 55.5 cm³/mol. The molecule has 2 fully saturated rings. The minimum Gasteiger partial charge on any atom is -0.328 e. The van der Waals surface area contributed by atoms with Gasteiger partial charge >= 0.3 is 0 Å². The van der Waals surface area contributed by atoms with Crippen molar-refractivity contribution in [2.75, 3.05) is 13.2 Å². The zero-order valence-electron chi connectivity index (χ0n) is 8.43. The van der Waals surface area contributed by atoms with Gasteiger partial charge in [-0.15, -0.1) is 21.5 Å². The van der Waals surface area contributed by atoms with Gasteiger partial charge in [-0.25, -0.2) is 0 Å². The summed E-state index contributed by atoms with van der Waals surface area (Å²) in [6.45, 7) is 3.46. The van der Waals surface area contributed by atoms with Crippen molar-refractivity contribution in [3.63, 3.8) is 0 Å². The van der Waals surface area contributed by atoms with Crippen LogP contribution in [-0.2, 0) is 4.79 Å². The smallest absolute Gasteiger partial charge is 0.233 e. The number of rotatable bonds is 1. The monoisotopic (exact) mass is 224 g/mol. The van der Waals surface area contributed by atoms with E-state index in [4.69, 9.17) is 0 Å². The molecule has 2 atom stereocenters. The second-order valence-corrected chi connectivity index (χ2v) is 5.28. The fourth-order valence-electron chi connectivity index (χ4n) is 2.23. The summed E-state index contributed by atoms with van der Waals surface area (Å²) in [5.41, 5.74) is 0. The van der Waals surface area contributed by atoms with Crippen LogP contribution in [0.5, 0.6) is 0 Å². The van der Waals surface area contributed by atoms with Crippen molar-refractivity contribution in [3.05, 3.63) is 10.0 Å². The Balaban J connectivity index is 1.90. The van der Waals surface area contributed by atoms with Gasteiger partial charge in [0.2, 0.25) is 5.91 Å². The molecule has 0 aromatic carbocycles. The Morgan fingerprint density at radius 2 is 2.40 bits per heavy atom. The van der Waals surface area contributed by atoms with Gasteiger partial charge in [0.05, 0.1) is 12.6 Å². The third-order valence-electron chi connectivity index (χ3n) is 2.98. The fourth-order valence-corrected chi connectivity index (χ4v) is 3.03. The third-order valence-corrected chi connectivity index (χ3v) is 3.93. The Bertz CT molecular complexity index is 405. The first-order chi connectivity index (χ1) is 7.24. The second-order valence-electron chi connectivity index (χ2n) is 4.07. The van der Waals surface area contributed by atoms with Gasteiger partial charge in [0, 0.05) is 12.6 Å². The average molecular weight is 224 g/mol. The Hall–Kier alpha value is -1.01. The number of aryl methyl sites for hydroxylation is 1. The molecule has 1 N–H and O–H groups in total. The van der Waals surface area contributed by atoms with E-state index in [1.54, 1.807) is 0 Å². The Kier molecular flexibility index (Phi) is 2.00. The van der Waals surface area contributed by atoms with Crippen LogP contribution in [-0.4, -0.2) is 40.3 Å². The van der Waals surface area contributed by atoms with Crippen LogP contribution in [0.2, 0.25) is 0 Å². The van der Waals surface area contributed by atoms with Gasteiger partial charge in [-0.3, -0.25) is 10.1 Å². The van der Waals surface area contributed by atoms with E-state index in [2.05, 4.69) is 15.5 Å². The Labute approximate surface area is 91.5 Å². The number of amides is 1. The molecule has 5 nitrogen and oxygen atoms in total. The molecule has 0 aliphatic carbocycles. The standard InChI is InChI=1S/C9H12N4OS/c1-5-11-12-8(15-5)7-2-6-3-13(4-10-6)9(7)14/h6-7,10H,2-4H2,1H3. The molecule has 0 spiro atoms. The molecule has 2 aliphatic heterocycles. The summed E-state index contributed by atoms with van der Waals surface area (Å²) in [6.07, 6.45) is 0.865. The largest absolute Gasteiger partial charge is 0.328 e. The molecule has 1 aromatic rings. The summed E-state index contributed by atoms with van der Waals surface area (Å²) in [7, 11) is 0. The molecule has 0 saturated carbocycles. The highest BCUT2D eigenvalue weighted by molar-refractivity contribution is 7.11. The highest BCUT2D eigenvalue weighted by Crippen LogP contribution is 2.31. The molecule has 0 radical (unpaired) electrons. The lowest BCUT2D eigenvalue weighted by Gasteiger charge is -2.26. The van der Waals surface area contributed by atoms with Crippen molar-refractivity contribution < 1.29 is 4.79 Å². The Morgan fingerprint density at radius 3 is 3.13 bits per heavy atom. The van der Waals surface area contributed by atoms with Crippen LogP contribution in [0, 0.1) is 6.92 Å². The number of nitrogens with one attached hydrogen (secondary N) is 1. The number of carbonyl (C=O) groups excluding carboxylic acids is 1. The van der Waals surface area contributed by atoms with E-state index in [0.29, 0.717) is 12.7 Å². The quantitative estimate of drug-likeness (QED) is 0.734. The molecule has 3 heterocycles. The van der Waals surface area contributed by atoms with Gasteiger partial charge in [-0.2, -0.15) is 0 Å². The summed E-state index contributed by atoms with van der Waals surface area (Å²) in [6, 6.07) is 0.442. The Morgan fingerprint density at radius 1 is 1.53 bits per heavy atom. The van der Waals surface area contributed by atoms with Gasteiger partial charge < -0.3 is 4.90 Å². The summed E-state index contributed by atoms with van der Waals surface area (Å²) < 4.78 is 0. The van der Waals surface area contributed by atoms with Gasteiger partial charge in [0.25, 0.3) is 0 Å². The van der Waals surface area contributed by atoms with Crippen molar-refractivity contribution in [3.8, 4) is 0 Å². The van der Waals surface area contributed by atoms with Crippen molar-refractivity contribution >= 4 is 17.2 Å². The molecule has 2 aliphatic rings. The lowest BCUT2D eigenvalue weighted by atomic mass is 9.96. The maximum absolute atomic E-state index is 12.0. The van der Waals surface area contributed by atoms with E-state index in [1.807, 2.05) is 11.8 Å². The van der Waals surface area contributed by atoms with E-state index in [1.165, 1.54) is 11.3 Å².